The molecule has 1 aromatic carbocycles. The highest BCUT2D eigenvalue weighted by Crippen LogP contribution is 2.10. The lowest BCUT2D eigenvalue weighted by atomic mass is 10.1. The van der Waals surface area contributed by atoms with Gasteiger partial charge in [0, 0.05) is 11.3 Å². The van der Waals surface area contributed by atoms with E-state index in [0.29, 0.717) is 12.8 Å². The number of carbonyl (C=O) groups excluding carboxylic acids is 1. The fourth-order valence-corrected chi connectivity index (χ4v) is 1.31. The Morgan fingerprint density at radius 1 is 1.40 bits per heavy atom. The standard InChI is InChI=1S/C10H12O2S.C2H6/c1-12-10(11)6-5-8-3-2-4-9(13)7-8;1-2/h2-4,7,13H,5-6H2,1H3;1-2H3. The van der Waals surface area contributed by atoms with Crippen molar-refractivity contribution in [1.29, 1.82) is 0 Å². The number of benzene rings is 1. The molecule has 0 radical (unpaired) electrons. The molecule has 1 rings (SSSR count). The molecule has 15 heavy (non-hydrogen) atoms. The summed E-state index contributed by atoms with van der Waals surface area (Å²) >= 11 is 4.21. The van der Waals surface area contributed by atoms with E-state index in [1.165, 1.54) is 7.11 Å². The Morgan fingerprint density at radius 3 is 2.60 bits per heavy atom. The Hall–Kier alpha value is -0.960. The Labute approximate surface area is 97.1 Å². The van der Waals surface area contributed by atoms with E-state index in [1.807, 2.05) is 38.1 Å². The first kappa shape index (κ1) is 14.0. The number of thiol groups is 1. The summed E-state index contributed by atoms with van der Waals surface area (Å²) in [6.45, 7) is 4.00. The highest BCUT2D eigenvalue weighted by Gasteiger charge is 2.00. The van der Waals surface area contributed by atoms with Crippen LogP contribution in [0.4, 0.5) is 0 Å². The van der Waals surface area contributed by atoms with Crippen molar-refractivity contribution >= 4 is 18.6 Å². The van der Waals surface area contributed by atoms with Crippen molar-refractivity contribution in [2.45, 2.75) is 31.6 Å². The Morgan fingerprint density at radius 2 is 2.07 bits per heavy atom. The molecule has 0 fully saturated rings. The van der Waals surface area contributed by atoms with Gasteiger partial charge in [0.05, 0.1) is 7.11 Å². The van der Waals surface area contributed by atoms with Gasteiger partial charge in [-0.3, -0.25) is 4.79 Å². The van der Waals surface area contributed by atoms with Crippen molar-refractivity contribution in [3.05, 3.63) is 29.8 Å². The molecule has 0 atom stereocenters. The van der Waals surface area contributed by atoms with Gasteiger partial charge in [-0.2, -0.15) is 0 Å². The van der Waals surface area contributed by atoms with Gasteiger partial charge in [0.1, 0.15) is 0 Å². The van der Waals surface area contributed by atoms with Gasteiger partial charge in [0.15, 0.2) is 0 Å². The van der Waals surface area contributed by atoms with Crippen LogP contribution in [-0.4, -0.2) is 13.1 Å². The molecular weight excluding hydrogens is 208 g/mol. The number of carbonyl (C=O) groups is 1. The maximum atomic E-state index is 10.8. The number of esters is 1. The molecule has 3 heteroatoms. The molecule has 0 N–H and O–H groups in total. The van der Waals surface area contributed by atoms with E-state index in [0.717, 1.165) is 10.5 Å². The van der Waals surface area contributed by atoms with Crippen LogP contribution in [0.1, 0.15) is 25.8 Å². The Kier molecular flexibility index (Phi) is 7.82. The van der Waals surface area contributed by atoms with E-state index >= 15 is 0 Å². The molecule has 0 aliphatic heterocycles. The summed E-state index contributed by atoms with van der Waals surface area (Å²) in [5, 5.41) is 0. The van der Waals surface area contributed by atoms with Crippen molar-refractivity contribution in [3.63, 3.8) is 0 Å². The highest BCUT2D eigenvalue weighted by atomic mass is 32.1. The molecule has 0 spiro atoms. The van der Waals surface area contributed by atoms with Crippen molar-refractivity contribution in [3.8, 4) is 0 Å². The van der Waals surface area contributed by atoms with Gasteiger partial charge in [0.25, 0.3) is 0 Å². The zero-order valence-corrected chi connectivity index (χ0v) is 10.4. The van der Waals surface area contributed by atoms with Gasteiger partial charge in [-0.1, -0.05) is 26.0 Å². The summed E-state index contributed by atoms with van der Waals surface area (Å²) in [7, 11) is 1.40. The number of methoxy groups -OCH3 is 1. The topological polar surface area (TPSA) is 26.3 Å². The van der Waals surface area contributed by atoms with Crippen molar-refractivity contribution in [2.24, 2.45) is 0 Å². The van der Waals surface area contributed by atoms with Crippen LogP contribution in [0.15, 0.2) is 29.2 Å². The lowest BCUT2D eigenvalue weighted by Crippen LogP contribution is -2.01. The number of ether oxygens (including phenoxy) is 1. The molecule has 84 valence electrons. The average molecular weight is 226 g/mol. The second-order valence-electron chi connectivity index (χ2n) is 2.75. The number of hydrogen-bond acceptors (Lipinski definition) is 3. The molecule has 0 saturated carbocycles. The number of rotatable bonds is 3. The minimum atomic E-state index is -0.176. The summed E-state index contributed by atoms with van der Waals surface area (Å²) in [5.41, 5.74) is 1.11. The van der Waals surface area contributed by atoms with Crippen molar-refractivity contribution in [2.75, 3.05) is 7.11 Å². The summed E-state index contributed by atoms with van der Waals surface area (Å²) < 4.78 is 4.54. The smallest absolute Gasteiger partial charge is 0.305 e. The third kappa shape index (κ3) is 6.18. The predicted molar refractivity (Wildman–Crippen MR) is 65.4 cm³/mol. The van der Waals surface area contributed by atoms with Gasteiger partial charge in [-0.05, 0) is 24.1 Å². The number of hydrogen-bond donors (Lipinski definition) is 1. The third-order valence-corrected chi connectivity index (χ3v) is 2.03. The van der Waals surface area contributed by atoms with Gasteiger partial charge in [-0.15, -0.1) is 12.6 Å². The molecule has 0 unspecified atom stereocenters. The van der Waals surface area contributed by atoms with Crippen LogP contribution in [0.5, 0.6) is 0 Å². The molecule has 0 saturated heterocycles. The summed E-state index contributed by atoms with van der Waals surface area (Å²) in [6.07, 6.45) is 1.13. The quantitative estimate of drug-likeness (QED) is 0.633. The average Bonchev–Trinajstić information content (AvgIpc) is 2.29. The van der Waals surface area contributed by atoms with Gasteiger partial charge >= 0.3 is 5.97 Å². The summed E-state index contributed by atoms with van der Waals surface area (Å²) in [6, 6.07) is 7.76. The zero-order valence-electron chi connectivity index (χ0n) is 9.49. The SMILES string of the molecule is CC.COC(=O)CCc1cccc(S)c1. The molecule has 2 nitrogen and oxygen atoms in total. The van der Waals surface area contributed by atoms with E-state index in [2.05, 4.69) is 17.4 Å². The van der Waals surface area contributed by atoms with E-state index in [1.54, 1.807) is 0 Å². The molecule has 0 aliphatic carbocycles. The minimum absolute atomic E-state index is 0.176. The van der Waals surface area contributed by atoms with Gasteiger partial charge < -0.3 is 4.74 Å². The van der Waals surface area contributed by atoms with E-state index in [4.69, 9.17) is 0 Å². The molecule has 0 bridgehead atoms. The fourth-order valence-electron chi connectivity index (χ4n) is 1.06. The predicted octanol–water partition coefficient (Wildman–Crippen LogP) is 3.11. The van der Waals surface area contributed by atoms with Crippen LogP contribution in [0.2, 0.25) is 0 Å². The van der Waals surface area contributed by atoms with E-state index in [9.17, 15) is 4.79 Å². The first-order valence-corrected chi connectivity index (χ1v) is 5.52. The highest BCUT2D eigenvalue weighted by molar-refractivity contribution is 7.80. The summed E-state index contributed by atoms with van der Waals surface area (Å²) in [5.74, 6) is -0.176. The van der Waals surface area contributed by atoms with Crippen LogP contribution in [0.25, 0.3) is 0 Å². The van der Waals surface area contributed by atoms with Crippen LogP contribution < -0.4 is 0 Å². The lowest BCUT2D eigenvalue weighted by molar-refractivity contribution is -0.140. The fraction of sp³-hybridized carbons (Fsp3) is 0.417. The van der Waals surface area contributed by atoms with Crippen LogP contribution in [-0.2, 0) is 16.0 Å². The number of aryl methyl sites for hydroxylation is 1. The minimum Gasteiger partial charge on any atom is -0.469 e. The van der Waals surface area contributed by atoms with Gasteiger partial charge in [0.2, 0.25) is 0 Å². The normalized spacial score (nSPS) is 8.80. The van der Waals surface area contributed by atoms with Crippen molar-refractivity contribution in [1.82, 2.24) is 0 Å². The molecular formula is C12H18O2S. The largest absolute Gasteiger partial charge is 0.469 e. The third-order valence-electron chi connectivity index (χ3n) is 1.76. The van der Waals surface area contributed by atoms with E-state index < -0.39 is 0 Å². The molecule has 1 aromatic rings. The molecule has 0 aliphatic rings. The second-order valence-corrected chi connectivity index (χ2v) is 3.26. The van der Waals surface area contributed by atoms with E-state index in [-0.39, 0.29) is 5.97 Å². The van der Waals surface area contributed by atoms with Gasteiger partial charge in [-0.25, -0.2) is 0 Å². The Balaban J connectivity index is 0.000000921. The van der Waals surface area contributed by atoms with Crippen molar-refractivity contribution < 1.29 is 9.53 Å². The maximum absolute atomic E-state index is 10.8. The first-order valence-electron chi connectivity index (χ1n) is 5.07. The van der Waals surface area contributed by atoms with Crippen LogP contribution in [0.3, 0.4) is 0 Å². The Bertz CT molecular complexity index is 297. The zero-order chi connectivity index (χ0) is 11.7. The molecule has 0 amide bonds. The second kappa shape index (κ2) is 8.36. The molecule has 0 aromatic heterocycles. The monoisotopic (exact) mass is 226 g/mol. The summed E-state index contributed by atoms with van der Waals surface area (Å²) in [4.78, 5) is 11.7. The first-order chi connectivity index (χ1) is 7.22. The van der Waals surface area contributed by atoms with Crippen LogP contribution >= 0.6 is 12.6 Å². The van der Waals surface area contributed by atoms with Crippen LogP contribution in [0, 0.1) is 0 Å². The lowest BCUT2D eigenvalue weighted by Gasteiger charge is -2.00. The maximum Gasteiger partial charge on any atom is 0.305 e. The molecule has 0 heterocycles.